The first-order chi connectivity index (χ1) is 13.4. The van der Waals surface area contributed by atoms with Crippen molar-refractivity contribution in [2.24, 2.45) is 0 Å². The summed E-state index contributed by atoms with van der Waals surface area (Å²) >= 11 is 0. The Balaban J connectivity index is 6.32. The molecule has 0 fully saturated rings. The molecule has 0 amide bonds. The molecular formula is C21H54O5Si5. The standard InChI is InChI=1S/C21H54O5Si5/c1-18(23-28(5,6)7)20(25-30(11,12)13)21(26-31(14,15)16)19(24-29(8,9)10)17-22-27(2,3)4/h18-21H,17H2,1-16H3. The van der Waals surface area contributed by atoms with Gasteiger partial charge in [-0.25, -0.2) is 0 Å². The van der Waals surface area contributed by atoms with Crippen molar-refractivity contribution < 1.29 is 22.1 Å². The predicted molar refractivity (Wildman–Crippen MR) is 148 cm³/mol. The molecule has 188 valence electrons. The van der Waals surface area contributed by atoms with Crippen molar-refractivity contribution >= 4 is 41.6 Å². The molecule has 4 unspecified atom stereocenters. The first kappa shape index (κ1) is 31.9. The van der Waals surface area contributed by atoms with E-state index < -0.39 is 41.6 Å². The van der Waals surface area contributed by atoms with Gasteiger partial charge in [-0.3, -0.25) is 0 Å². The zero-order valence-electron chi connectivity index (χ0n) is 23.6. The van der Waals surface area contributed by atoms with Crippen LogP contribution in [-0.2, 0) is 22.1 Å². The fourth-order valence-electron chi connectivity index (χ4n) is 3.21. The van der Waals surface area contributed by atoms with Crippen LogP contribution < -0.4 is 0 Å². The summed E-state index contributed by atoms with van der Waals surface area (Å²) in [6, 6.07) is 0. The molecule has 0 saturated heterocycles. The van der Waals surface area contributed by atoms with E-state index in [0.717, 1.165) is 0 Å². The first-order valence-corrected chi connectivity index (χ1v) is 28.8. The normalized spacial score (nSPS) is 18.6. The minimum atomic E-state index is -1.89. The minimum Gasteiger partial charge on any atom is -0.415 e. The van der Waals surface area contributed by atoms with Gasteiger partial charge in [0.2, 0.25) is 0 Å². The molecule has 0 rings (SSSR count). The molecule has 5 nitrogen and oxygen atoms in total. The summed E-state index contributed by atoms with van der Waals surface area (Å²) in [6.07, 6.45) is -0.636. The first-order valence-electron chi connectivity index (χ1n) is 11.7. The quantitative estimate of drug-likeness (QED) is 0.235. The van der Waals surface area contributed by atoms with E-state index in [-0.39, 0.29) is 24.4 Å². The number of hydrogen-bond donors (Lipinski definition) is 0. The highest BCUT2D eigenvalue weighted by molar-refractivity contribution is 6.71. The van der Waals surface area contributed by atoms with Gasteiger partial charge in [-0.2, -0.15) is 0 Å². The molecular weight excluding hydrogens is 473 g/mol. The molecule has 0 aromatic rings. The van der Waals surface area contributed by atoms with Gasteiger partial charge in [-0.05, 0) is 105 Å². The summed E-state index contributed by atoms with van der Waals surface area (Å²) in [4.78, 5) is 0. The van der Waals surface area contributed by atoms with Crippen LogP contribution in [0.1, 0.15) is 6.92 Å². The molecule has 0 heterocycles. The molecule has 0 aliphatic rings. The average molecular weight is 527 g/mol. The number of hydrogen-bond acceptors (Lipinski definition) is 5. The lowest BCUT2D eigenvalue weighted by atomic mass is 10.0. The number of rotatable bonds is 14. The molecule has 4 atom stereocenters. The highest BCUT2D eigenvalue weighted by atomic mass is 28.4. The molecule has 0 aliphatic carbocycles. The zero-order chi connectivity index (χ0) is 25.1. The molecule has 10 heteroatoms. The van der Waals surface area contributed by atoms with Gasteiger partial charge >= 0.3 is 0 Å². The SMILES string of the molecule is CC(O[Si](C)(C)C)C(O[Si](C)(C)C)C(O[Si](C)(C)C)C(CO[Si](C)(C)C)O[Si](C)(C)C. The summed E-state index contributed by atoms with van der Waals surface area (Å²) in [5, 5.41) is 0. The van der Waals surface area contributed by atoms with Gasteiger partial charge in [0.05, 0.1) is 31.0 Å². The van der Waals surface area contributed by atoms with Crippen LogP contribution in [-0.4, -0.2) is 72.6 Å². The Labute approximate surface area is 199 Å². The third kappa shape index (κ3) is 17.0. The lowest BCUT2D eigenvalue weighted by Crippen LogP contribution is -2.59. The molecule has 0 aliphatic heterocycles. The Morgan fingerprint density at radius 1 is 0.452 bits per heavy atom. The molecule has 0 spiro atoms. The van der Waals surface area contributed by atoms with E-state index >= 15 is 0 Å². The molecule has 0 radical (unpaired) electrons. The van der Waals surface area contributed by atoms with E-state index in [1.807, 2.05) is 0 Å². The Kier molecular flexibility index (Phi) is 11.9. The summed E-state index contributed by atoms with van der Waals surface area (Å²) < 4.78 is 33.4. The highest BCUT2D eigenvalue weighted by Gasteiger charge is 2.43. The molecule has 31 heavy (non-hydrogen) atoms. The van der Waals surface area contributed by atoms with Crippen LogP contribution in [0.25, 0.3) is 0 Å². The van der Waals surface area contributed by atoms with Crippen LogP contribution in [0.2, 0.25) is 98.2 Å². The second kappa shape index (κ2) is 11.5. The molecule has 0 N–H and O–H groups in total. The average Bonchev–Trinajstić information content (AvgIpc) is 2.41. The Hall–Kier alpha value is 0.884. The molecule has 0 aromatic heterocycles. The van der Waals surface area contributed by atoms with Crippen molar-refractivity contribution in [3.8, 4) is 0 Å². The van der Waals surface area contributed by atoms with E-state index in [9.17, 15) is 0 Å². The summed E-state index contributed by atoms with van der Waals surface area (Å²) in [7, 11) is -9.08. The molecule has 0 saturated carbocycles. The van der Waals surface area contributed by atoms with Gasteiger partial charge < -0.3 is 22.1 Å². The van der Waals surface area contributed by atoms with E-state index in [1.54, 1.807) is 0 Å². The van der Waals surface area contributed by atoms with Crippen molar-refractivity contribution in [1.82, 2.24) is 0 Å². The second-order valence-corrected chi connectivity index (χ2v) is 35.9. The smallest absolute Gasteiger partial charge is 0.184 e. The Morgan fingerprint density at radius 3 is 1.13 bits per heavy atom. The van der Waals surface area contributed by atoms with Crippen molar-refractivity contribution in [2.45, 2.75) is 130 Å². The topological polar surface area (TPSA) is 46.2 Å². The zero-order valence-corrected chi connectivity index (χ0v) is 28.6. The predicted octanol–water partition coefficient (Wildman–Crippen LogP) is 6.74. The van der Waals surface area contributed by atoms with Gasteiger partial charge in [0, 0.05) is 0 Å². The van der Waals surface area contributed by atoms with Crippen LogP contribution in [0.15, 0.2) is 0 Å². The van der Waals surface area contributed by atoms with Gasteiger partial charge in [-0.15, -0.1) is 0 Å². The van der Waals surface area contributed by atoms with E-state index in [1.165, 1.54) is 0 Å². The van der Waals surface area contributed by atoms with E-state index in [0.29, 0.717) is 6.61 Å². The Bertz CT molecular complexity index is 527. The summed E-state index contributed by atoms with van der Waals surface area (Å²) in [5.74, 6) is 0. The fraction of sp³-hybridized carbons (Fsp3) is 1.00. The van der Waals surface area contributed by atoms with Crippen LogP contribution in [0.4, 0.5) is 0 Å². The monoisotopic (exact) mass is 526 g/mol. The third-order valence-electron chi connectivity index (χ3n) is 3.86. The van der Waals surface area contributed by atoms with Crippen LogP contribution >= 0.6 is 0 Å². The maximum absolute atomic E-state index is 6.86. The van der Waals surface area contributed by atoms with Crippen molar-refractivity contribution in [1.29, 1.82) is 0 Å². The lowest BCUT2D eigenvalue weighted by Gasteiger charge is -2.45. The van der Waals surface area contributed by atoms with Gasteiger partial charge in [0.1, 0.15) is 0 Å². The highest BCUT2D eigenvalue weighted by Crippen LogP contribution is 2.28. The van der Waals surface area contributed by atoms with Crippen molar-refractivity contribution in [3.05, 3.63) is 0 Å². The molecule has 0 aromatic carbocycles. The van der Waals surface area contributed by atoms with Crippen LogP contribution in [0.5, 0.6) is 0 Å². The van der Waals surface area contributed by atoms with Gasteiger partial charge in [0.25, 0.3) is 0 Å². The molecule has 0 bridgehead atoms. The van der Waals surface area contributed by atoms with Crippen LogP contribution in [0.3, 0.4) is 0 Å². The van der Waals surface area contributed by atoms with Gasteiger partial charge in [0.15, 0.2) is 41.6 Å². The van der Waals surface area contributed by atoms with E-state index in [4.69, 9.17) is 22.1 Å². The second-order valence-electron chi connectivity index (χ2n) is 13.5. The summed E-state index contributed by atoms with van der Waals surface area (Å²) in [6.45, 7) is 36.2. The van der Waals surface area contributed by atoms with Crippen molar-refractivity contribution in [2.75, 3.05) is 6.61 Å². The fourth-order valence-corrected chi connectivity index (χ4v) is 8.48. The third-order valence-corrected chi connectivity index (χ3v) is 8.94. The van der Waals surface area contributed by atoms with Gasteiger partial charge in [-0.1, -0.05) is 0 Å². The Morgan fingerprint density at radius 2 is 0.806 bits per heavy atom. The summed E-state index contributed by atoms with van der Waals surface area (Å²) in [5.41, 5.74) is 0. The minimum absolute atomic E-state index is 0.0700. The maximum atomic E-state index is 6.86. The van der Waals surface area contributed by atoms with Crippen LogP contribution in [0, 0.1) is 0 Å². The van der Waals surface area contributed by atoms with E-state index in [2.05, 4.69) is 105 Å². The largest absolute Gasteiger partial charge is 0.415 e. The maximum Gasteiger partial charge on any atom is 0.184 e. The van der Waals surface area contributed by atoms with Crippen molar-refractivity contribution in [3.63, 3.8) is 0 Å². The lowest BCUT2D eigenvalue weighted by molar-refractivity contribution is -0.0834.